The number of fused-ring (bicyclic) bond motifs is 1. The van der Waals surface area contributed by atoms with Crippen LogP contribution in [0.3, 0.4) is 0 Å². The lowest BCUT2D eigenvalue weighted by molar-refractivity contribution is 0.0745. The van der Waals surface area contributed by atoms with Crippen molar-refractivity contribution in [3.8, 4) is 11.8 Å². The standard InChI is InChI=1S/C19H21FN4O/c1-3-23(12-13(2)11-21)19(25)18-16-5-4-6-17(16)24(22-18)15-9-7-14(20)8-10-15/h7-10,13H,3-6,12H2,1-2H3/t13-/m0/s1. The first kappa shape index (κ1) is 17.2. The van der Waals surface area contributed by atoms with Gasteiger partial charge < -0.3 is 4.90 Å². The van der Waals surface area contributed by atoms with Crippen molar-refractivity contribution < 1.29 is 9.18 Å². The Kier molecular flexibility index (Phi) is 4.84. The fourth-order valence-corrected chi connectivity index (χ4v) is 3.28. The number of halogens is 1. The Labute approximate surface area is 146 Å². The number of aromatic nitrogens is 2. The van der Waals surface area contributed by atoms with E-state index in [1.807, 2.05) is 6.92 Å². The predicted octanol–water partition coefficient (Wildman–Crippen LogP) is 3.12. The smallest absolute Gasteiger partial charge is 0.274 e. The molecule has 0 saturated heterocycles. The number of amides is 1. The summed E-state index contributed by atoms with van der Waals surface area (Å²) in [6.45, 7) is 4.63. The number of carbonyl (C=O) groups is 1. The molecule has 0 radical (unpaired) electrons. The lowest BCUT2D eigenvalue weighted by Crippen LogP contribution is -2.35. The van der Waals surface area contributed by atoms with Crippen molar-refractivity contribution in [1.82, 2.24) is 14.7 Å². The minimum absolute atomic E-state index is 0.136. The van der Waals surface area contributed by atoms with E-state index in [1.54, 1.807) is 28.6 Å². The Balaban J connectivity index is 1.97. The lowest BCUT2D eigenvalue weighted by atomic mass is 10.1. The molecule has 1 aliphatic carbocycles. The number of benzene rings is 1. The highest BCUT2D eigenvalue weighted by Gasteiger charge is 2.29. The van der Waals surface area contributed by atoms with Gasteiger partial charge in [0.25, 0.3) is 5.91 Å². The van der Waals surface area contributed by atoms with Gasteiger partial charge in [0.2, 0.25) is 0 Å². The summed E-state index contributed by atoms with van der Waals surface area (Å²) in [5.41, 5.74) is 3.23. The molecule has 5 nitrogen and oxygen atoms in total. The van der Waals surface area contributed by atoms with Gasteiger partial charge in [-0.3, -0.25) is 4.79 Å². The molecule has 1 aliphatic rings. The molecule has 25 heavy (non-hydrogen) atoms. The molecule has 3 rings (SSSR count). The highest BCUT2D eigenvalue weighted by atomic mass is 19.1. The van der Waals surface area contributed by atoms with E-state index in [1.165, 1.54) is 12.1 Å². The largest absolute Gasteiger partial charge is 0.336 e. The summed E-state index contributed by atoms with van der Waals surface area (Å²) in [6.07, 6.45) is 2.66. The Bertz CT molecular complexity index is 819. The molecule has 0 spiro atoms. The number of rotatable bonds is 5. The summed E-state index contributed by atoms with van der Waals surface area (Å²) in [6, 6.07) is 8.30. The van der Waals surface area contributed by atoms with Crippen LogP contribution < -0.4 is 0 Å². The normalized spacial score (nSPS) is 14.0. The van der Waals surface area contributed by atoms with E-state index in [0.29, 0.717) is 18.8 Å². The van der Waals surface area contributed by atoms with Gasteiger partial charge in [-0.1, -0.05) is 0 Å². The third-order valence-electron chi connectivity index (χ3n) is 4.59. The molecule has 130 valence electrons. The van der Waals surface area contributed by atoms with Gasteiger partial charge in [-0.15, -0.1) is 0 Å². The number of hydrogen-bond acceptors (Lipinski definition) is 3. The van der Waals surface area contributed by atoms with Crippen molar-refractivity contribution in [1.29, 1.82) is 5.26 Å². The second-order valence-electron chi connectivity index (χ2n) is 6.39. The molecule has 0 unspecified atom stereocenters. The van der Waals surface area contributed by atoms with Crippen molar-refractivity contribution >= 4 is 5.91 Å². The minimum atomic E-state index is -0.300. The van der Waals surface area contributed by atoms with Crippen molar-refractivity contribution in [3.63, 3.8) is 0 Å². The van der Waals surface area contributed by atoms with Gasteiger partial charge in [-0.2, -0.15) is 10.4 Å². The Hall–Kier alpha value is -2.68. The number of nitriles is 1. The summed E-state index contributed by atoms with van der Waals surface area (Å²) in [7, 11) is 0. The van der Waals surface area contributed by atoms with Gasteiger partial charge in [-0.25, -0.2) is 9.07 Å². The maximum atomic E-state index is 13.2. The first-order chi connectivity index (χ1) is 12.0. The molecule has 1 atom stereocenters. The molecular formula is C19H21FN4O. The summed E-state index contributed by atoms with van der Waals surface area (Å²) < 4.78 is 15.0. The molecule has 1 aromatic heterocycles. The third kappa shape index (κ3) is 3.27. The van der Waals surface area contributed by atoms with Gasteiger partial charge in [0, 0.05) is 24.3 Å². The van der Waals surface area contributed by atoms with Gasteiger partial charge in [0.05, 0.1) is 17.7 Å². The van der Waals surface area contributed by atoms with E-state index in [9.17, 15) is 9.18 Å². The number of nitrogens with zero attached hydrogens (tertiary/aromatic N) is 4. The van der Waals surface area contributed by atoms with Crippen LogP contribution in [0, 0.1) is 23.1 Å². The van der Waals surface area contributed by atoms with Crippen molar-refractivity contribution in [2.45, 2.75) is 33.1 Å². The van der Waals surface area contributed by atoms with Crippen LogP contribution in [0.1, 0.15) is 42.0 Å². The average molecular weight is 340 g/mol. The maximum Gasteiger partial charge on any atom is 0.274 e. The SMILES string of the molecule is CCN(C[C@@H](C)C#N)C(=O)c1nn(-c2ccc(F)cc2)c2c1CCC2. The monoisotopic (exact) mass is 340 g/mol. The zero-order valence-electron chi connectivity index (χ0n) is 14.5. The van der Waals surface area contributed by atoms with E-state index in [0.717, 1.165) is 36.2 Å². The second kappa shape index (κ2) is 7.06. The topological polar surface area (TPSA) is 61.9 Å². The summed E-state index contributed by atoms with van der Waals surface area (Å²) >= 11 is 0. The van der Waals surface area contributed by atoms with E-state index in [2.05, 4.69) is 11.2 Å². The summed E-state index contributed by atoms with van der Waals surface area (Å²) in [5.74, 6) is -0.661. The minimum Gasteiger partial charge on any atom is -0.336 e. The van der Waals surface area contributed by atoms with Crippen LogP contribution in [0.25, 0.3) is 5.69 Å². The van der Waals surface area contributed by atoms with Crippen molar-refractivity contribution in [2.75, 3.05) is 13.1 Å². The molecular weight excluding hydrogens is 319 g/mol. The fraction of sp³-hybridized carbons (Fsp3) is 0.421. The highest BCUT2D eigenvalue weighted by molar-refractivity contribution is 5.94. The molecule has 1 aromatic carbocycles. The van der Waals surface area contributed by atoms with Gasteiger partial charge in [-0.05, 0) is 57.4 Å². The summed E-state index contributed by atoms with van der Waals surface area (Å²) in [4.78, 5) is 14.6. The van der Waals surface area contributed by atoms with Crippen LogP contribution in [-0.4, -0.2) is 33.7 Å². The fourth-order valence-electron chi connectivity index (χ4n) is 3.28. The molecule has 0 fully saturated rings. The predicted molar refractivity (Wildman–Crippen MR) is 91.9 cm³/mol. The third-order valence-corrected chi connectivity index (χ3v) is 4.59. The van der Waals surface area contributed by atoms with E-state index in [4.69, 9.17) is 5.26 Å². The Morgan fingerprint density at radius 3 is 2.76 bits per heavy atom. The quantitative estimate of drug-likeness (QED) is 0.840. The van der Waals surface area contributed by atoms with Gasteiger partial charge in [0.15, 0.2) is 5.69 Å². The van der Waals surface area contributed by atoms with Crippen LogP contribution >= 0.6 is 0 Å². The molecule has 2 aromatic rings. The highest BCUT2D eigenvalue weighted by Crippen LogP contribution is 2.28. The molecule has 0 bridgehead atoms. The van der Waals surface area contributed by atoms with E-state index < -0.39 is 0 Å². The first-order valence-corrected chi connectivity index (χ1v) is 8.60. The molecule has 1 amide bonds. The maximum absolute atomic E-state index is 13.2. The first-order valence-electron chi connectivity index (χ1n) is 8.60. The van der Waals surface area contributed by atoms with E-state index >= 15 is 0 Å². The van der Waals surface area contributed by atoms with Crippen LogP contribution in [0.5, 0.6) is 0 Å². The lowest BCUT2D eigenvalue weighted by Gasteiger charge is -2.21. The molecule has 0 aliphatic heterocycles. The summed E-state index contributed by atoms with van der Waals surface area (Å²) in [5, 5.41) is 13.6. The number of hydrogen-bond donors (Lipinski definition) is 0. The zero-order valence-corrected chi connectivity index (χ0v) is 14.5. The van der Waals surface area contributed by atoms with E-state index in [-0.39, 0.29) is 17.6 Å². The molecule has 0 N–H and O–H groups in total. The Morgan fingerprint density at radius 2 is 2.12 bits per heavy atom. The van der Waals surface area contributed by atoms with Gasteiger partial charge in [0.1, 0.15) is 5.82 Å². The van der Waals surface area contributed by atoms with Crippen LogP contribution in [-0.2, 0) is 12.8 Å². The van der Waals surface area contributed by atoms with Crippen LogP contribution in [0.15, 0.2) is 24.3 Å². The molecule has 6 heteroatoms. The van der Waals surface area contributed by atoms with Crippen LogP contribution in [0.2, 0.25) is 0 Å². The average Bonchev–Trinajstić information content (AvgIpc) is 3.22. The molecule has 0 saturated carbocycles. The van der Waals surface area contributed by atoms with Gasteiger partial charge >= 0.3 is 0 Å². The van der Waals surface area contributed by atoms with Crippen LogP contribution in [0.4, 0.5) is 4.39 Å². The Morgan fingerprint density at radius 1 is 1.40 bits per heavy atom. The van der Waals surface area contributed by atoms with Crippen molar-refractivity contribution in [2.24, 2.45) is 5.92 Å². The number of carbonyl (C=O) groups excluding carboxylic acids is 1. The van der Waals surface area contributed by atoms with Crippen molar-refractivity contribution in [3.05, 3.63) is 47.0 Å². The zero-order chi connectivity index (χ0) is 18.0. The second-order valence-corrected chi connectivity index (χ2v) is 6.39. The molecule has 1 heterocycles.